The quantitative estimate of drug-likeness (QED) is 0.331. The molecule has 0 radical (unpaired) electrons. The zero-order valence-electron chi connectivity index (χ0n) is 19.4. The number of carboxylic acids is 1. The van der Waals surface area contributed by atoms with Crippen LogP contribution in [0.25, 0.3) is 0 Å². The summed E-state index contributed by atoms with van der Waals surface area (Å²) in [5.41, 5.74) is -1.70. The first-order valence-corrected chi connectivity index (χ1v) is 10.9. The SMILES string of the molecule is CC(C)(C)C#CC(CCC(F)(F)F)N1CCC(F)(F)[C@H](CC(=O)O)[C@H]1c1ccc(C(F)(F)F)cc1. The van der Waals surface area contributed by atoms with Gasteiger partial charge in [-0.25, -0.2) is 8.78 Å². The maximum Gasteiger partial charge on any atom is 0.416 e. The zero-order valence-corrected chi connectivity index (χ0v) is 19.4. The van der Waals surface area contributed by atoms with Gasteiger partial charge in [-0.1, -0.05) is 24.0 Å². The Bertz CT molecular complexity index is 936. The number of rotatable bonds is 6. The fourth-order valence-electron chi connectivity index (χ4n) is 4.08. The third-order valence-corrected chi connectivity index (χ3v) is 5.67. The summed E-state index contributed by atoms with van der Waals surface area (Å²) in [5.74, 6) is -1.38. The molecule has 1 saturated heterocycles. The molecule has 2 rings (SSSR count). The monoisotopic (exact) mass is 513 g/mol. The van der Waals surface area contributed by atoms with Crippen molar-refractivity contribution in [3.05, 3.63) is 35.4 Å². The largest absolute Gasteiger partial charge is 0.481 e. The molecular weight excluding hydrogens is 486 g/mol. The van der Waals surface area contributed by atoms with Crippen LogP contribution in [0, 0.1) is 23.2 Å². The maximum absolute atomic E-state index is 14.9. The normalized spacial score (nSPS) is 22.3. The van der Waals surface area contributed by atoms with Crippen LogP contribution in [0.15, 0.2) is 24.3 Å². The second-order valence-corrected chi connectivity index (χ2v) is 9.71. The highest BCUT2D eigenvalue weighted by molar-refractivity contribution is 5.67. The molecule has 1 aliphatic rings. The molecule has 0 amide bonds. The van der Waals surface area contributed by atoms with Crippen molar-refractivity contribution in [3.8, 4) is 11.8 Å². The highest BCUT2D eigenvalue weighted by Gasteiger charge is 2.52. The van der Waals surface area contributed by atoms with E-state index in [1.807, 2.05) is 0 Å². The molecule has 35 heavy (non-hydrogen) atoms. The number of halogens is 8. The standard InChI is InChI=1S/C24H27F8NO2/c1-21(2,3)10-8-17(9-11-23(27,28)29)33-13-12-22(25,26)18(14-19(34)35)20(33)15-4-6-16(7-5-15)24(30,31)32/h4-7,17-18,20H,9,11-14H2,1-3H3,(H,34,35)/t17?,18-,20-/m1/s1. The molecule has 0 spiro atoms. The van der Waals surface area contributed by atoms with Crippen LogP contribution in [0.2, 0.25) is 0 Å². The van der Waals surface area contributed by atoms with Gasteiger partial charge in [-0.3, -0.25) is 9.69 Å². The van der Waals surface area contributed by atoms with Crippen LogP contribution < -0.4 is 0 Å². The molecule has 1 aromatic rings. The number of carboxylic acid groups (broad SMARTS) is 1. The Kier molecular flexibility index (Phi) is 8.52. The Labute approximate surface area is 198 Å². The number of aliphatic carboxylic acids is 1. The van der Waals surface area contributed by atoms with Gasteiger partial charge >= 0.3 is 18.3 Å². The summed E-state index contributed by atoms with van der Waals surface area (Å²) in [6.07, 6.45) is -12.9. The first-order chi connectivity index (χ1) is 15.8. The number of carbonyl (C=O) groups is 1. The van der Waals surface area contributed by atoms with Crippen molar-refractivity contribution in [2.75, 3.05) is 6.54 Å². The van der Waals surface area contributed by atoms with Gasteiger partial charge in [0.15, 0.2) is 0 Å². The van der Waals surface area contributed by atoms with Crippen molar-refractivity contribution in [2.45, 2.75) is 76.8 Å². The third-order valence-electron chi connectivity index (χ3n) is 5.67. The second-order valence-electron chi connectivity index (χ2n) is 9.71. The zero-order chi connectivity index (χ0) is 26.8. The molecule has 0 aliphatic carbocycles. The second kappa shape index (κ2) is 10.3. The minimum absolute atomic E-state index is 0.0433. The molecule has 1 unspecified atom stereocenters. The van der Waals surface area contributed by atoms with E-state index in [1.54, 1.807) is 20.8 Å². The summed E-state index contributed by atoms with van der Waals surface area (Å²) in [6, 6.07) is 0.678. The molecule has 0 saturated carbocycles. The van der Waals surface area contributed by atoms with E-state index in [0.717, 1.165) is 12.1 Å². The molecule has 1 aromatic carbocycles. The lowest BCUT2D eigenvalue weighted by molar-refractivity contribution is -0.163. The van der Waals surface area contributed by atoms with E-state index >= 15 is 0 Å². The van der Waals surface area contributed by atoms with Gasteiger partial charge in [0.25, 0.3) is 5.92 Å². The lowest BCUT2D eigenvalue weighted by atomic mass is 9.78. The summed E-state index contributed by atoms with van der Waals surface area (Å²) in [6.45, 7) is 4.74. The molecule has 1 heterocycles. The van der Waals surface area contributed by atoms with Gasteiger partial charge < -0.3 is 5.11 Å². The van der Waals surface area contributed by atoms with Crippen LogP contribution in [-0.4, -0.2) is 40.7 Å². The van der Waals surface area contributed by atoms with E-state index in [1.165, 1.54) is 4.90 Å². The van der Waals surface area contributed by atoms with Crippen molar-refractivity contribution < 1.29 is 45.0 Å². The highest BCUT2D eigenvalue weighted by Crippen LogP contribution is 2.48. The lowest BCUT2D eigenvalue weighted by Crippen LogP contribution is -2.53. The van der Waals surface area contributed by atoms with Crippen molar-refractivity contribution in [1.29, 1.82) is 0 Å². The van der Waals surface area contributed by atoms with Gasteiger partial charge in [0.05, 0.1) is 23.9 Å². The van der Waals surface area contributed by atoms with E-state index in [4.69, 9.17) is 0 Å². The maximum atomic E-state index is 14.9. The lowest BCUT2D eigenvalue weighted by Gasteiger charge is -2.47. The third kappa shape index (κ3) is 8.37. The Morgan fingerprint density at radius 1 is 1.11 bits per heavy atom. The van der Waals surface area contributed by atoms with Crippen LogP contribution in [0.4, 0.5) is 35.1 Å². The predicted molar refractivity (Wildman–Crippen MR) is 113 cm³/mol. The Morgan fingerprint density at radius 3 is 2.14 bits per heavy atom. The number of nitrogens with zero attached hydrogens (tertiary/aromatic N) is 1. The highest BCUT2D eigenvalue weighted by atomic mass is 19.4. The molecule has 1 N–H and O–H groups in total. The van der Waals surface area contributed by atoms with E-state index in [2.05, 4.69) is 11.8 Å². The summed E-state index contributed by atoms with van der Waals surface area (Å²) in [4.78, 5) is 12.7. The smallest absolute Gasteiger partial charge is 0.416 e. The van der Waals surface area contributed by atoms with Crippen LogP contribution in [0.5, 0.6) is 0 Å². The summed E-state index contributed by atoms with van der Waals surface area (Å²) < 4.78 is 108. The van der Waals surface area contributed by atoms with Crippen molar-refractivity contribution in [3.63, 3.8) is 0 Å². The number of likely N-dealkylation sites (tertiary alicyclic amines) is 1. The fraction of sp³-hybridized carbons (Fsp3) is 0.625. The van der Waals surface area contributed by atoms with E-state index < -0.39 is 85.5 Å². The van der Waals surface area contributed by atoms with Crippen molar-refractivity contribution in [1.82, 2.24) is 4.90 Å². The first kappa shape index (κ1) is 28.9. The summed E-state index contributed by atoms with van der Waals surface area (Å²) in [5, 5.41) is 9.28. The van der Waals surface area contributed by atoms with Crippen molar-refractivity contribution >= 4 is 5.97 Å². The molecular formula is C24H27F8NO2. The van der Waals surface area contributed by atoms with Gasteiger partial charge in [-0.15, -0.1) is 0 Å². The average molecular weight is 513 g/mol. The Morgan fingerprint density at radius 2 is 1.69 bits per heavy atom. The minimum Gasteiger partial charge on any atom is -0.481 e. The number of alkyl halides is 8. The topological polar surface area (TPSA) is 40.5 Å². The molecule has 0 bridgehead atoms. The van der Waals surface area contributed by atoms with Gasteiger partial charge in [0.2, 0.25) is 0 Å². The molecule has 3 nitrogen and oxygen atoms in total. The van der Waals surface area contributed by atoms with Gasteiger partial charge in [0, 0.05) is 30.8 Å². The summed E-state index contributed by atoms with van der Waals surface area (Å²) in [7, 11) is 0. The molecule has 196 valence electrons. The summed E-state index contributed by atoms with van der Waals surface area (Å²) >= 11 is 0. The minimum atomic E-state index is -4.69. The van der Waals surface area contributed by atoms with Crippen LogP contribution >= 0.6 is 0 Å². The number of hydrogen-bond donors (Lipinski definition) is 1. The van der Waals surface area contributed by atoms with Crippen LogP contribution in [-0.2, 0) is 11.0 Å². The Balaban J connectivity index is 2.62. The molecule has 1 fully saturated rings. The molecule has 0 aromatic heterocycles. The first-order valence-electron chi connectivity index (χ1n) is 10.9. The number of benzene rings is 1. The van der Waals surface area contributed by atoms with Crippen LogP contribution in [0.1, 0.15) is 63.6 Å². The van der Waals surface area contributed by atoms with Gasteiger partial charge in [-0.05, 0) is 44.9 Å². The van der Waals surface area contributed by atoms with Crippen LogP contribution in [0.3, 0.4) is 0 Å². The molecule has 3 atom stereocenters. The van der Waals surface area contributed by atoms with E-state index in [0.29, 0.717) is 12.1 Å². The predicted octanol–water partition coefficient (Wildman–Crippen LogP) is 6.94. The van der Waals surface area contributed by atoms with Gasteiger partial charge in [0.1, 0.15) is 0 Å². The molecule has 11 heteroatoms. The van der Waals surface area contributed by atoms with Gasteiger partial charge in [-0.2, -0.15) is 26.3 Å². The van der Waals surface area contributed by atoms with E-state index in [9.17, 15) is 45.0 Å². The number of piperidine rings is 1. The number of hydrogen-bond acceptors (Lipinski definition) is 2. The van der Waals surface area contributed by atoms with E-state index in [-0.39, 0.29) is 5.56 Å². The van der Waals surface area contributed by atoms with Crippen molar-refractivity contribution in [2.24, 2.45) is 11.3 Å². The molecule has 1 aliphatic heterocycles. The fourth-order valence-corrected chi connectivity index (χ4v) is 4.08. The average Bonchev–Trinajstić information content (AvgIpc) is 2.67. The Hall–Kier alpha value is -2.35.